The predicted octanol–water partition coefficient (Wildman–Crippen LogP) is 2.71. The van der Waals surface area contributed by atoms with Gasteiger partial charge in [-0.25, -0.2) is 9.40 Å². The highest BCUT2D eigenvalue weighted by Gasteiger charge is 2.21. The summed E-state index contributed by atoms with van der Waals surface area (Å²) < 4.78 is 28.9. The Hall–Kier alpha value is -3.39. The zero-order chi connectivity index (χ0) is 19.7. The van der Waals surface area contributed by atoms with Crippen molar-refractivity contribution >= 4 is 26.8 Å². The molecule has 2 N–H and O–H groups in total. The fraction of sp³-hybridized carbons (Fsp3) is 0.100. The van der Waals surface area contributed by atoms with E-state index in [0.29, 0.717) is 11.2 Å². The van der Waals surface area contributed by atoms with Crippen LogP contribution in [0.5, 0.6) is 0 Å². The molecule has 0 spiro atoms. The Bertz CT molecular complexity index is 1220. The van der Waals surface area contributed by atoms with E-state index in [1.807, 2.05) is 43.3 Å². The molecular formula is C20H18N4O3S. The zero-order valence-corrected chi connectivity index (χ0v) is 15.9. The summed E-state index contributed by atoms with van der Waals surface area (Å²) in [6.07, 6.45) is -0.116. The van der Waals surface area contributed by atoms with Gasteiger partial charge in [0.15, 0.2) is 5.03 Å². The first-order valence-electron chi connectivity index (χ1n) is 8.67. The normalized spacial score (nSPS) is 11.6. The van der Waals surface area contributed by atoms with E-state index >= 15 is 0 Å². The minimum Gasteiger partial charge on any atom is -0.344 e. The summed E-state index contributed by atoms with van der Waals surface area (Å²) in [6.45, 7) is 1.82. The number of benzene rings is 2. The van der Waals surface area contributed by atoms with Gasteiger partial charge in [0, 0.05) is 10.9 Å². The van der Waals surface area contributed by atoms with Crippen molar-refractivity contribution in [3.63, 3.8) is 0 Å². The first-order valence-corrected chi connectivity index (χ1v) is 10.1. The number of H-pyrrole nitrogens is 1. The fourth-order valence-electron chi connectivity index (χ4n) is 3.07. The van der Waals surface area contributed by atoms with Gasteiger partial charge < -0.3 is 4.98 Å². The number of aromatic amines is 1. The zero-order valence-electron chi connectivity index (χ0n) is 15.1. The van der Waals surface area contributed by atoms with Gasteiger partial charge >= 0.3 is 0 Å². The molecule has 4 aromatic rings. The lowest BCUT2D eigenvalue weighted by Gasteiger charge is -2.08. The maximum atomic E-state index is 12.6. The van der Waals surface area contributed by atoms with E-state index < -0.39 is 15.9 Å². The Morgan fingerprint density at radius 1 is 1.07 bits per heavy atom. The summed E-state index contributed by atoms with van der Waals surface area (Å²) in [5.74, 6) is -0.629. The van der Waals surface area contributed by atoms with Crippen LogP contribution in [0.1, 0.15) is 11.4 Å². The number of hydrogen-bond acceptors (Lipinski definition) is 4. The van der Waals surface area contributed by atoms with Crippen LogP contribution >= 0.6 is 0 Å². The largest absolute Gasteiger partial charge is 0.344 e. The highest BCUT2D eigenvalue weighted by molar-refractivity contribution is 7.90. The van der Waals surface area contributed by atoms with Gasteiger partial charge in [-0.1, -0.05) is 36.4 Å². The average molecular weight is 394 g/mol. The Balaban J connectivity index is 1.56. The quantitative estimate of drug-likeness (QED) is 0.544. The van der Waals surface area contributed by atoms with Gasteiger partial charge in [-0.3, -0.25) is 4.79 Å². The SMILES string of the molecule is Cc1cc(CC(=O)NS(=O)(=O)c2cc3ccccc3[nH]2)n(-c2ccccc2)n1. The van der Waals surface area contributed by atoms with Crippen molar-refractivity contribution in [2.75, 3.05) is 0 Å². The van der Waals surface area contributed by atoms with Gasteiger partial charge in [0.1, 0.15) is 0 Å². The molecule has 0 atom stereocenters. The Morgan fingerprint density at radius 2 is 1.79 bits per heavy atom. The number of rotatable bonds is 5. The first kappa shape index (κ1) is 18.0. The predicted molar refractivity (Wildman–Crippen MR) is 106 cm³/mol. The molecular weight excluding hydrogens is 376 g/mol. The molecule has 28 heavy (non-hydrogen) atoms. The summed E-state index contributed by atoms with van der Waals surface area (Å²) in [5, 5.41) is 5.11. The van der Waals surface area contributed by atoms with Crippen molar-refractivity contribution in [2.45, 2.75) is 18.4 Å². The molecule has 0 aliphatic heterocycles. The van der Waals surface area contributed by atoms with Crippen molar-refractivity contribution < 1.29 is 13.2 Å². The van der Waals surface area contributed by atoms with Gasteiger partial charge in [-0.05, 0) is 37.3 Å². The number of carbonyl (C=O) groups is 1. The third kappa shape index (κ3) is 3.54. The molecule has 0 saturated carbocycles. The minimum atomic E-state index is -4.00. The second kappa shape index (κ2) is 6.97. The van der Waals surface area contributed by atoms with E-state index in [1.54, 1.807) is 28.9 Å². The molecule has 2 aromatic carbocycles. The monoisotopic (exact) mass is 394 g/mol. The molecule has 0 aliphatic carbocycles. The molecule has 0 saturated heterocycles. The molecule has 0 fully saturated rings. The molecule has 4 rings (SSSR count). The van der Waals surface area contributed by atoms with E-state index in [4.69, 9.17) is 0 Å². The summed E-state index contributed by atoms with van der Waals surface area (Å²) >= 11 is 0. The Kier molecular flexibility index (Phi) is 4.48. The second-order valence-corrected chi connectivity index (χ2v) is 8.10. The van der Waals surface area contributed by atoms with Crippen LogP contribution in [0.4, 0.5) is 0 Å². The number of aromatic nitrogens is 3. The number of sulfonamides is 1. The van der Waals surface area contributed by atoms with Crippen molar-refractivity contribution in [1.29, 1.82) is 0 Å². The smallest absolute Gasteiger partial charge is 0.279 e. The molecule has 7 nitrogen and oxygen atoms in total. The second-order valence-electron chi connectivity index (χ2n) is 6.45. The van der Waals surface area contributed by atoms with E-state index in [1.165, 1.54) is 6.07 Å². The maximum absolute atomic E-state index is 12.6. The van der Waals surface area contributed by atoms with Crippen molar-refractivity contribution in [3.8, 4) is 5.69 Å². The van der Waals surface area contributed by atoms with Crippen LogP contribution in [0.3, 0.4) is 0 Å². The molecule has 0 unspecified atom stereocenters. The number of amides is 1. The van der Waals surface area contributed by atoms with Gasteiger partial charge in [0.05, 0.1) is 23.5 Å². The minimum absolute atomic E-state index is 0.0465. The van der Waals surface area contributed by atoms with Crippen LogP contribution in [0.15, 0.2) is 71.8 Å². The standard InChI is InChI=1S/C20H18N4O3S/c1-14-11-17(24(22-14)16-8-3-2-4-9-16)13-19(25)23-28(26,27)20-12-15-7-5-6-10-18(15)21-20/h2-12,21H,13H2,1H3,(H,23,25). The fourth-order valence-corrected chi connectivity index (χ4v) is 4.08. The highest BCUT2D eigenvalue weighted by Crippen LogP contribution is 2.18. The summed E-state index contributed by atoms with van der Waals surface area (Å²) in [4.78, 5) is 15.3. The number of nitrogens with zero attached hydrogens (tertiary/aromatic N) is 2. The third-order valence-electron chi connectivity index (χ3n) is 4.29. The number of aryl methyl sites for hydroxylation is 1. The molecule has 0 bridgehead atoms. The first-order chi connectivity index (χ1) is 13.4. The van der Waals surface area contributed by atoms with E-state index in [9.17, 15) is 13.2 Å². The molecule has 0 radical (unpaired) electrons. The van der Waals surface area contributed by atoms with Gasteiger partial charge in [-0.15, -0.1) is 0 Å². The molecule has 2 aromatic heterocycles. The van der Waals surface area contributed by atoms with Crippen molar-refractivity contribution in [2.24, 2.45) is 0 Å². The van der Waals surface area contributed by atoms with Gasteiger partial charge in [-0.2, -0.15) is 13.5 Å². The average Bonchev–Trinajstić information content (AvgIpc) is 3.26. The summed E-state index contributed by atoms with van der Waals surface area (Å²) in [7, 11) is -4.00. The van der Waals surface area contributed by atoms with Crippen LogP contribution in [0.2, 0.25) is 0 Å². The summed E-state index contributed by atoms with van der Waals surface area (Å²) in [5.41, 5.74) is 2.84. The van der Waals surface area contributed by atoms with E-state index in [-0.39, 0.29) is 11.4 Å². The lowest BCUT2D eigenvalue weighted by molar-refractivity contribution is -0.118. The Labute approximate surface area is 162 Å². The molecule has 1 amide bonds. The number of hydrogen-bond donors (Lipinski definition) is 2. The molecule has 0 aliphatic rings. The van der Waals surface area contributed by atoms with Crippen LogP contribution in [0.25, 0.3) is 16.6 Å². The number of para-hydroxylation sites is 2. The van der Waals surface area contributed by atoms with Crippen LogP contribution < -0.4 is 4.72 Å². The topological polar surface area (TPSA) is 96.9 Å². The van der Waals surface area contributed by atoms with Crippen LogP contribution in [-0.4, -0.2) is 29.1 Å². The van der Waals surface area contributed by atoms with Gasteiger partial charge in [0.2, 0.25) is 5.91 Å². The lowest BCUT2D eigenvalue weighted by Crippen LogP contribution is -2.32. The van der Waals surface area contributed by atoms with E-state index in [2.05, 4.69) is 14.8 Å². The van der Waals surface area contributed by atoms with Crippen molar-refractivity contribution in [3.05, 3.63) is 78.1 Å². The van der Waals surface area contributed by atoms with E-state index in [0.717, 1.165) is 16.8 Å². The molecule has 2 heterocycles. The number of fused-ring (bicyclic) bond motifs is 1. The summed E-state index contributed by atoms with van der Waals surface area (Å²) in [6, 6.07) is 19.8. The van der Waals surface area contributed by atoms with Crippen molar-refractivity contribution in [1.82, 2.24) is 19.5 Å². The highest BCUT2D eigenvalue weighted by atomic mass is 32.2. The third-order valence-corrected chi connectivity index (χ3v) is 5.59. The molecule has 142 valence electrons. The number of nitrogens with one attached hydrogen (secondary N) is 2. The van der Waals surface area contributed by atoms with Crippen LogP contribution in [0, 0.1) is 6.92 Å². The van der Waals surface area contributed by atoms with Crippen LogP contribution in [-0.2, 0) is 21.2 Å². The Morgan fingerprint density at radius 3 is 2.54 bits per heavy atom. The van der Waals surface area contributed by atoms with Gasteiger partial charge in [0.25, 0.3) is 10.0 Å². The molecule has 8 heteroatoms. The lowest BCUT2D eigenvalue weighted by atomic mass is 10.2. The number of carbonyl (C=O) groups excluding carboxylic acids is 1. The maximum Gasteiger partial charge on any atom is 0.279 e.